The molecule has 1 aliphatic rings. The summed E-state index contributed by atoms with van der Waals surface area (Å²) in [5, 5.41) is 4.40. The molecule has 0 saturated carbocycles. The van der Waals surface area contributed by atoms with Crippen LogP contribution in [0.2, 0.25) is 0 Å². The maximum Gasteiger partial charge on any atom is 0.196 e. The SMILES string of the molecule is [C-]#[N+]c1ccccc1-c1c(Br)cnn1CCOC1CCCCO1. The summed E-state index contributed by atoms with van der Waals surface area (Å²) >= 11 is 3.53. The van der Waals surface area contributed by atoms with Crippen LogP contribution in [0.4, 0.5) is 5.69 Å². The van der Waals surface area contributed by atoms with E-state index in [-0.39, 0.29) is 6.29 Å². The first-order valence-electron chi connectivity index (χ1n) is 7.71. The van der Waals surface area contributed by atoms with Gasteiger partial charge in [-0.2, -0.15) is 5.10 Å². The third-order valence-corrected chi connectivity index (χ3v) is 4.40. The number of para-hydroxylation sites is 1. The van der Waals surface area contributed by atoms with Gasteiger partial charge >= 0.3 is 0 Å². The molecule has 2 aromatic rings. The molecule has 6 heteroatoms. The van der Waals surface area contributed by atoms with Crippen LogP contribution in [0.5, 0.6) is 0 Å². The number of hydrogen-bond acceptors (Lipinski definition) is 3. The van der Waals surface area contributed by atoms with Gasteiger partial charge in [0.25, 0.3) is 0 Å². The van der Waals surface area contributed by atoms with E-state index in [1.165, 1.54) is 0 Å². The maximum atomic E-state index is 7.34. The molecule has 5 nitrogen and oxygen atoms in total. The lowest BCUT2D eigenvalue weighted by Gasteiger charge is -2.22. The van der Waals surface area contributed by atoms with E-state index in [0.29, 0.717) is 18.8 Å². The summed E-state index contributed by atoms with van der Waals surface area (Å²) in [4.78, 5) is 3.60. The van der Waals surface area contributed by atoms with Crippen molar-refractivity contribution in [2.75, 3.05) is 13.2 Å². The lowest BCUT2D eigenvalue weighted by molar-refractivity contribution is -0.163. The quantitative estimate of drug-likeness (QED) is 0.726. The van der Waals surface area contributed by atoms with Gasteiger partial charge < -0.3 is 9.47 Å². The van der Waals surface area contributed by atoms with E-state index in [2.05, 4.69) is 25.9 Å². The zero-order chi connectivity index (χ0) is 16.1. The van der Waals surface area contributed by atoms with Gasteiger partial charge in [0.1, 0.15) is 0 Å². The molecule has 120 valence electrons. The van der Waals surface area contributed by atoms with E-state index in [1.54, 1.807) is 6.20 Å². The Morgan fingerprint density at radius 2 is 2.26 bits per heavy atom. The van der Waals surface area contributed by atoms with Crippen LogP contribution < -0.4 is 0 Å². The van der Waals surface area contributed by atoms with Crippen molar-refractivity contribution in [3.05, 3.63) is 46.4 Å². The Hall–Kier alpha value is -1.68. The molecule has 0 N–H and O–H groups in total. The second kappa shape index (κ2) is 7.73. The fraction of sp³-hybridized carbons (Fsp3) is 0.412. The van der Waals surface area contributed by atoms with Crippen LogP contribution in [-0.2, 0) is 16.0 Å². The molecule has 1 saturated heterocycles. The predicted molar refractivity (Wildman–Crippen MR) is 91.2 cm³/mol. The molecule has 0 spiro atoms. The van der Waals surface area contributed by atoms with Gasteiger partial charge in [0, 0.05) is 12.2 Å². The van der Waals surface area contributed by atoms with Gasteiger partial charge in [0.05, 0.1) is 36.1 Å². The van der Waals surface area contributed by atoms with Crippen molar-refractivity contribution < 1.29 is 9.47 Å². The summed E-state index contributed by atoms with van der Waals surface area (Å²) in [6.45, 7) is 9.27. The normalized spacial score (nSPS) is 17.8. The monoisotopic (exact) mass is 375 g/mol. The Kier molecular flexibility index (Phi) is 5.44. The van der Waals surface area contributed by atoms with Crippen molar-refractivity contribution in [1.82, 2.24) is 9.78 Å². The van der Waals surface area contributed by atoms with Crippen molar-refractivity contribution in [3.8, 4) is 11.3 Å². The standard InChI is InChI=1S/C17H18BrN3O2/c1-19-15-7-3-2-6-13(15)17-14(18)12-20-21(17)9-11-23-16-8-4-5-10-22-16/h2-3,6-7,12,16H,4-5,8-11H2. The lowest BCUT2D eigenvalue weighted by Crippen LogP contribution is -2.24. The van der Waals surface area contributed by atoms with Crippen molar-refractivity contribution in [2.45, 2.75) is 32.1 Å². The Morgan fingerprint density at radius 3 is 3.04 bits per heavy atom. The summed E-state index contributed by atoms with van der Waals surface area (Å²) in [6.07, 6.45) is 4.89. The molecule has 1 aliphatic heterocycles. The van der Waals surface area contributed by atoms with Gasteiger partial charge in [-0.3, -0.25) is 4.68 Å². The van der Waals surface area contributed by atoms with Crippen molar-refractivity contribution in [2.24, 2.45) is 0 Å². The zero-order valence-electron chi connectivity index (χ0n) is 12.7. The first-order valence-corrected chi connectivity index (χ1v) is 8.50. The second-order valence-corrected chi connectivity index (χ2v) is 6.21. The molecule has 1 aromatic heterocycles. The minimum absolute atomic E-state index is 0.0956. The molecular formula is C17H18BrN3O2. The Balaban J connectivity index is 1.73. The van der Waals surface area contributed by atoms with Crippen LogP contribution >= 0.6 is 15.9 Å². The summed E-state index contributed by atoms with van der Waals surface area (Å²) < 4.78 is 14.1. The van der Waals surface area contributed by atoms with E-state index in [1.807, 2.05) is 28.9 Å². The van der Waals surface area contributed by atoms with E-state index in [4.69, 9.17) is 16.0 Å². The molecule has 1 unspecified atom stereocenters. The van der Waals surface area contributed by atoms with E-state index >= 15 is 0 Å². The van der Waals surface area contributed by atoms with Gasteiger partial charge in [-0.1, -0.05) is 24.3 Å². The Labute approximate surface area is 144 Å². The highest BCUT2D eigenvalue weighted by molar-refractivity contribution is 9.10. The number of aromatic nitrogens is 2. The number of ether oxygens (including phenoxy) is 2. The largest absolute Gasteiger partial charge is 0.353 e. The van der Waals surface area contributed by atoms with Gasteiger partial charge in [-0.25, -0.2) is 4.85 Å². The van der Waals surface area contributed by atoms with Crippen LogP contribution in [0.15, 0.2) is 34.9 Å². The zero-order valence-corrected chi connectivity index (χ0v) is 14.3. The molecule has 1 fully saturated rings. The molecule has 2 heterocycles. The average Bonchev–Trinajstić information content (AvgIpc) is 2.96. The molecule has 0 aliphatic carbocycles. The topological polar surface area (TPSA) is 40.6 Å². The molecule has 1 aromatic carbocycles. The molecule has 3 rings (SSSR count). The minimum atomic E-state index is -0.0956. The van der Waals surface area contributed by atoms with Crippen molar-refractivity contribution in [1.29, 1.82) is 0 Å². The van der Waals surface area contributed by atoms with E-state index in [9.17, 15) is 0 Å². The number of benzene rings is 1. The fourth-order valence-corrected chi connectivity index (χ4v) is 3.19. The molecule has 0 radical (unpaired) electrons. The lowest BCUT2D eigenvalue weighted by atomic mass is 10.1. The van der Waals surface area contributed by atoms with Crippen LogP contribution in [0.1, 0.15) is 19.3 Å². The average molecular weight is 376 g/mol. The van der Waals surface area contributed by atoms with E-state index < -0.39 is 0 Å². The molecule has 23 heavy (non-hydrogen) atoms. The number of rotatable bonds is 5. The summed E-state index contributed by atoms with van der Waals surface area (Å²) in [5.74, 6) is 0. The van der Waals surface area contributed by atoms with Crippen LogP contribution in [0.25, 0.3) is 16.1 Å². The summed E-state index contributed by atoms with van der Waals surface area (Å²) in [5.41, 5.74) is 2.40. The summed E-state index contributed by atoms with van der Waals surface area (Å²) in [6, 6.07) is 7.56. The van der Waals surface area contributed by atoms with Gasteiger partial charge in [-0.15, -0.1) is 0 Å². The second-order valence-electron chi connectivity index (χ2n) is 5.36. The van der Waals surface area contributed by atoms with Crippen LogP contribution in [0.3, 0.4) is 0 Å². The predicted octanol–water partition coefficient (Wildman–Crippen LogP) is 4.41. The van der Waals surface area contributed by atoms with Crippen LogP contribution in [0, 0.1) is 6.57 Å². The molecule has 0 bridgehead atoms. The van der Waals surface area contributed by atoms with Crippen molar-refractivity contribution >= 4 is 21.6 Å². The van der Waals surface area contributed by atoms with E-state index in [0.717, 1.165) is 41.6 Å². The third kappa shape index (κ3) is 3.81. The van der Waals surface area contributed by atoms with Crippen LogP contribution in [-0.4, -0.2) is 29.3 Å². The molecular weight excluding hydrogens is 358 g/mol. The molecule has 1 atom stereocenters. The van der Waals surface area contributed by atoms with Gasteiger partial charge in [-0.05, 0) is 35.2 Å². The first kappa shape index (κ1) is 16.2. The highest BCUT2D eigenvalue weighted by atomic mass is 79.9. The van der Waals surface area contributed by atoms with Gasteiger partial charge in [0.15, 0.2) is 12.0 Å². The van der Waals surface area contributed by atoms with Crippen molar-refractivity contribution in [3.63, 3.8) is 0 Å². The Bertz CT molecular complexity index is 702. The number of hydrogen-bond donors (Lipinski definition) is 0. The smallest absolute Gasteiger partial charge is 0.196 e. The first-order chi connectivity index (χ1) is 11.3. The highest BCUT2D eigenvalue weighted by Crippen LogP contribution is 2.35. The summed E-state index contributed by atoms with van der Waals surface area (Å²) in [7, 11) is 0. The number of halogens is 1. The minimum Gasteiger partial charge on any atom is -0.353 e. The van der Waals surface area contributed by atoms with Gasteiger partial charge in [0.2, 0.25) is 0 Å². The Morgan fingerprint density at radius 1 is 1.39 bits per heavy atom. The third-order valence-electron chi connectivity index (χ3n) is 3.82. The fourth-order valence-electron chi connectivity index (χ4n) is 2.68. The molecule has 0 amide bonds. The highest BCUT2D eigenvalue weighted by Gasteiger charge is 2.16. The number of nitrogens with zero attached hydrogens (tertiary/aromatic N) is 3. The maximum absolute atomic E-state index is 7.34.